The molecule has 0 radical (unpaired) electrons. The molecule has 0 aliphatic carbocycles. The third-order valence-corrected chi connectivity index (χ3v) is 3.47. The van der Waals surface area contributed by atoms with Gasteiger partial charge in [0, 0.05) is 16.8 Å². The van der Waals surface area contributed by atoms with Crippen LogP contribution >= 0.6 is 11.6 Å². The van der Waals surface area contributed by atoms with Crippen LogP contribution < -0.4 is 0 Å². The first-order chi connectivity index (χ1) is 10.3. The number of halogens is 1. The normalized spacial score (nSPS) is 10.3. The second-order valence-corrected chi connectivity index (χ2v) is 5.05. The highest BCUT2D eigenvalue weighted by atomic mass is 35.5. The summed E-state index contributed by atoms with van der Waals surface area (Å²) >= 11 is 5.93. The Kier molecular flexibility index (Phi) is 3.72. The molecule has 2 aromatic carbocycles. The fourth-order valence-electron chi connectivity index (χ4n) is 2.20. The maximum Gasteiger partial charge on any atom is 0.0847 e. The molecule has 3 nitrogen and oxygen atoms in total. The lowest BCUT2D eigenvalue weighted by molar-refractivity contribution is 0.853. The van der Waals surface area contributed by atoms with E-state index in [1.807, 2.05) is 60.8 Å². The average molecular weight is 294 g/mol. The third kappa shape index (κ3) is 2.81. The zero-order chi connectivity index (χ0) is 14.7. The molecule has 0 N–H and O–H groups in total. The first-order valence-corrected chi connectivity index (χ1v) is 6.92. The molecule has 3 rings (SSSR count). The highest BCUT2D eigenvalue weighted by molar-refractivity contribution is 6.30. The summed E-state index contributed by atoms with van der Waals surface area (Å²) in [5.74, 6) is 0. The lowest BCUT2D eigenvalue weighted by atomic mass is 10.1. The molecular formula is C17H12ClN3. The van der Waals surface area contributed by atoms with Crippen molar-refractivity contribution < 1.29 is 0 Å². The highest BCUT2D eigenvalue weighted by Gasteiger charge is 2.11. The van der Waals surface area contributed by atoms with Gasteiger partial charge in [0.2, 0.25) is 0 Å². The second kappa shape index (κ2) is 5.82. The van der Waals surface area contributed by atoms with E-state index in [1.54, 1.807) is 4.68 Å². The molecule has 0 amide bonds. The summed E-state index contributed by atoms with van der Waals surface area (Å²) in [5, 5.41) is 14.2. The molecule has 0 spiro atoms. The zero-order valence-corrected chi connectivity index (χ0v) is 12.0. The van der Waals surface area contributed by atoms with Crippen molar-refractivity contribution in [1.82, 2.24) is 9.78 Å². The first-order valence-electron chi connectivity index (χ1n) is 6.55. The lowest BCUT2D eigenvalue weighted by Crippen LogP contribution is -1.95. The van der Waals surface area contributed by atoms with Crippen LogP contribution in [-0.4, -0.2) is 9.78 Å². The minimum absolute atomic E-state index is 0.276. The van der Waals surface area contributed by atoms with Crippen molar-refractivity contribution in [1.29, 1.82) is 5.26 Å². The van der Waals surface area contributed by atoms with Crippen molar-refractivity contribution in [3.05, 3.63) is 71.5 Å². The van der Waals surface area contributed by atoms with Crippen molar-refractivity contribution in [3.8, 4) is 22.9 Å². The van der Waals surface area contributed by atoms with Gasteiger partial charge in [0.05, 0.1) is 23.9 Å². The fourth-order valence-corrected chi connectivity index (χ4v) is 2.32. The van der Waals surface area contributed by atoms with Crippen molar-refractivity contribution in [2.75, 3.05) is 0 Å². The van der Waals surface area contributed by atoms with Crippen LogP contribution in [0.15, 0.2) is 60.8 Å². The maximum atomic E-state index is 8.99. The van der Waals surface area contributed by atoms with E-state index < -0.39 is 0 Å². The maximum absolute atomic E-state index is 8.99. The van der Waals surface area contributed by atoms with Crippen LogP contribution in [0.5, 0.6) is 0 Å². The van der Waals surface area contributed by atoms with Gasteiger partial charge in [-0.05, 0) is 29.8 Å². The Bertz CT molecular complexity index is 783. The Morgan fingerprint density at radius 1 is 1.05 bits per heavy atom. The Morgan fingerprint density at radius 3 is 2.43 bits per heavy atom. The van der Waals surface area contributed by atoms with Gasteiger partial charge in [0.25, 0.3) is 0 Å². The van der Waals surface area contributed by atoms with E-state index in [0.29, 0.717) is 5.02 Å². The SMILES string of the molecule is N#CCc1nn(-c2ccccc2)cc1-c1ccc(Cl)cc1. The Balaban J connectivity index is 2.09. The summed E-state index contributed by atoms with van der Waals surface area (Å²) in [4.78, 5) is 0. The van der Waals surface area contributed by atoms with Gasteiger partial charge < -0.3 is 0 Å². The predicted octanol–water partition coefficient (Wildman–Crippen LogP) is 4.26. The van der Waals surface area contributed by atoms with Crippen molar-refractivity contribution in [2.24, 2.45) is 0 Å². The molecule has 0 fully saturated rings. The van der Waals surface area contributed by atoms with E-state index >= 15 is 0 Å². The molecule has 21 heavy (non-hydrogen) atoms. The second-order valence-electron chi connectivity index (χ2n) is 4.61. The van der Waals surface area contributed by atoms with Crippen LogP contribution in [0.2, 0.25) is 5.02 Å². The van der Waals surface area contributed by atoms with Crippen LogP contribution in [0.1, 0.15) is 5.69 Å². The molecule has 0 bridgehead atoms. The van der Waals surface area contributed by atoms with Gasteiger partial charge in [0.1, 0.15) is 0 Å². The molecule has 0 aliphatic rings. The van der Waals surface area contributed by atoms with Gasteiger partial charge in [-0.25, -0.2) is 4.68 Å². The van der Waals surface area contributed by atoms with Crippen molar-refractivity contribution >= 4 is 11.6 Å². The van der Waals surface area contributed by atoms with Crippen LogP contribution in [0, 0.1) is 11.3 Å². The number of aromatic nitrogens is 2. The van der Waals surface area contributed by atoms with Crippen LogP contribution in [0.4, 0.5) is 0 Å². The summed E-state index contributed by atoms with van der Waals surface area (Å²) < 4.78 is 1.80. The molecule has 102 valence electrons. The molecule has 0 aliphatic heterocycles. The van der Waals surface area contributed by atoms with E-state index in [0.717, 1.165) is 22.5 Å². The van der Waals surface area contributed by atoms with E-state index in [-0.39, 0.29) is 6.42 Å². The van der Waals surface area contributed by atoms with Gasteiger partial charge in [0.15, 0.2) is 0 Å². The molecular weight excluding hydrogens is 282 g/mol. The number of rotatable bonds is 3. The van der Waals surface area contributed by atoms with Gasteiger partial charge >= 0.3 is 0 Å². The quantitative estimate of drug-likeness (QED) is 0.724. The molecule has 0 saturated heterocycles. The highest BCUT2D eigenvalue weighted by Crippen LogP contribution is 2.26. The van der Waals surface area contributed by atoms with Crippen molar-refractivity contribution in [3.63, 3.8) is 0 Å². The molecule has 0 unspecified atom stereocenters. The Hall–Kier alpha value is -2.57. The standard InChI is InChI=1S/C17H12ClN3/c18-14-8-6-13(7-9-14)16-12-21(20-17(16)10-11-19)15-4-2-1-3-5-15/h1-9,12H,10H2. The number of hydrogen-bond acceptors (Lipinski definition) is 2. The van der Waals surface area contributed by atoms with Gasteiger partial charge in [-0.15, -0.1) is 0 Å². The van der Waals surface area contributed by atoms with E-state index in [9.17, 15) is 0 Å². The fraction of sp³-hybridized carbons (Fsp3) is 0.0588. The van der Waals surface area contributed by atoms with E-state index in [1.165, 1.54) is 0 Å². The number of para-hydroxylation sites is 1. The predicted molar refractivity (Wildman–Crippen MR) is 83.3 cm³/mol. The van der Waals surface area contributed by atoms with Crippen LogP contribution in [-0.2, 0) is 6.42 Å². The number of hydrogen-bond donors (Lipinski definition) is 0. The topological polar surface area (TPSA) is 41.6 Å². The van der Waals surface area contributed by atoms with Crippen LogP contribution in [0.3, 0.4) is 0 Å². The Morgan fingerprint density at radius 2 is 1.76 bits per heavy atom. The number of nitriles is 1. The first kappa shape index (κ1) is 13.4. The minimum atomic E-state index is 0.276. The molecule has 4 heteroatoms. The lowest BCUT2D eigenvalue weighted by Gasteiger charge is -2.00. The van der Waals surface area contributed by atoms with Gasteiger partial charge in [-0.3, -0.25) is 0 Å². The smallest absolute Gasteiger partial charge is 0.0847 e. The summed E-state index contributed by atoms with van der Waals surface area (Å²) in [6, 6.07) is 19.6. The van der Waals surface area contributed by atoms with Crippen LogP contribution in [0.25, 0.3) is 16.8 Å². The summed E-state index contributed by atoms with van der Waals surface area (Å²) in [5.41, 5.74) is 3.70. The van der Waals surface area contributed by atoms with Gasteiger partial charge in [-0.1, -0.05) is 41.9 Å². The number of nitrogens with zero attached hydrogens (tertiary/aromatic N) is 3. The van der Waals surface area contributed by atoms with Crippen molar-refractivity contribution in [2.45, 2.75) is 6.42 Å². The molecule has 1 aromatic heterocycles. The summed E-state index contributed by atoms with van der Waals surface area (Å²) in [6.45, 7) is 0. The third-order valence-electron chi connectivity index (χ3n) is 3.21. The largest absolute Gasteiger partial charge is 0.240 e. The molecule has 0 saturated carbocycles. The summed E-state index contributed by atoms with van der Waals surface area (Å²) in [6.07, 6.45) is 2.23. The molecule has 0 atom stereocenters. The van der Waals surface area contributed by atoms with Gasteiger partial charge in [-0.2, -0.15) is 10.4 Å². The summed E-state index contributed by atoms with van der Waals surface area (Å²) in [7, 11) is 0. The zero-order valence-electron chi connectivity index (χ0n) is 11.2. The molecule has 1 heterocycles. The van der Waals surface area contributed by atoms with E-state index in [4.69, 9.17) is 16.9 Å². The molecule has 3 aromatic rings. The number of benzene rings is 2. The average Bonchev–Trinajstić information content (AvgIpc) is 2.93. The minimum Gasteiger partial charge on any atom is -0.240 e. The van der Waals surface area contributed by atoms with E-state index in [2.05, 4.69) is 11.2 Å². The Labute approximate surface area is 128 Å². The monoisotopic (exact) mass is 293 g/mol.